The lowest BCUT2D eigenvalue weighted by atomic mass is 9.82. The van der Waals surface area contributed by atoms with Crippen molar-refractivity contribution < 1.29 is 28.5 Å². The normalized spacial score (nSPS) is 13.7. The van der Waals surface area contributed by atoms with Gasteiger partial charge in [-0.05, 0) is 61.1 Å². The summed E-state index contributed by atoms with van der Waals surface area (Å²) >= 11 is 0. The van der Waals surface area contributed by atoms with Crippen LogP contribution in [0, 0.1) is 0 Å². The third-order valence-electron chi connectivity index (χ3n) is 7.97. The van der Waals surface area contributed by atoms with Crippen molar-refractivity contribution in [2.75, 3.05) is 34.5 Å². The van der Waals surface area contributed by atoms with Crippen LogP contribution in [-0.2, 0) is 22.6 Å². The minimum absolute atomic E-state index is 0.286. The monoisotopic (exact) mass is 572 g/mol. The molecule has 8 nitrogen and oxygen atoms in total. The molecule has 0 radical (unpaired) electrons. The first-order valence-corrected chi connectivity index (χ1v) is 14.7. The van der Waals surface area contributed by atoms with Crippen LogP contribution in [0.2, 0.25) is 0 Å². The number of carbonyl (C=O) groups is 1. The molecular formula is C34H40N2O6. The molecule has 8 heteroatoms. The van der Waals surface area contributed by atoms with Crippen LogP contribution in [0.4, 0.5) is 0 Å². The van der Waals surface area contributed by atoms with Gasteiger partial charge in [-0.3, -0.25) is 0 Å². The lowest BCUT2D eigenvalue weighted by Gasteiger charge is -2.25. The van der Waals surface area contributed by atoms with Crippen molar-refractivity contribution in [1.82, 2.24) is 9.55 Å². The number of nitrogens with zero attached hydrogens (tertiary/aromatic N) is 2. The van der Waals surface area contributed by atoms with E-state index in [1.54, 1.807) is 34.3 Å². The topological polar surface area (TPSA) is 81.0 Å². The zero-order valence-corrected chi connectivity index (χ0v) is 25.0. The molecule has 0 bridgehead atoms. The number of methoxy groups -OCH3 is 3. The van der Waals surface area contributed by atoms with E-state index in [2.05, 4.69) is 16.7 Å². The van der Waals surface area contributed by atoms with Gasteiger partial charge in [-0.25, -0.2) is 9.78 Å². The fourth-order valence-corrected chi connectivity index (χ4v) is 6.08. The number of hydrogen-bond acceptors (Lipinski definition) is 7. The minimum Gasteiger partial charge on any atom is -0.493 e. The fourth-order valence-electron chi connectivity index (χ4n) is 6.08. The van der Waals surface area contributed by atoms with Crippen LogP contribution in [0.3, 0.4) is 0 Å². The molecular weight excluding hydrogens is 532 g/mol. The van der Waals surface area contributed by atoms with Crippen molar-refractivity contribution >= 4 is 17.0 Å². The Morgan fingerprint density at radius 3 is 2.36 bits per heavy atom. The van der Waals surface area contributed by atoms with Gasteiger partial charge in [0.05, 0.1) is 46.8 Å². The second-order valence-electron chi connectivity index (χ2n) is 10.5. The molecule has 1 fully saturated rings. The SMILES string of the molecule is CCOC(=O)c1ccc2c(C3CCCCC3)c(-c3ccc(OC)c(OC)c3OC)n(CCOCc3ccccc3)c2n1. The van der Waals surface area contributed by atoms with E-state index < -0.39 is 5.97 Å². The van der Waals surface area contributed by atoms with Crippen molar-refractivity contribution in [3.63, 3.8) is 0 Å². The summed E-state index contributed by atoms with van der Waals surface area (Å²) in [7, 11) is 4.88. The summed E-state index contributed by atoms with van der Waals surface area (Å²) in [5, 5.41) is 1.03. The van der Waals surface area contributed by atoms with Gasteiger partial charge in [0.15, 0.2) is 17.2 Å². The highest BCUT2D eigenvalue weighted by atomic mass is 16.5. The maximum absolute atomic E-state index is 12.8. The van der Waals surface area contributed by atoms with Gasteiger partial charge in [0, 0.05) is 17.5 Å². The highest BCUT2D eigenvalue weighted by molar-refractivity contribution is 5.96. The highest BCUT2D eigenvalue weighted by Gasteiger charge is 2.30. The number of rotatable bonds is 12. The van der Waals surface area contributed by atoms with Gasteiger partial charge in [-0.1, -0.05) is 49.6 Å². The van der Waals surface area contributed by atoms with Gasteiger partial charge in [-0.15, -0.1) is 0 Å². The summed E-state index contributed by atoms with van der Waals surface area (Å²) in [5.74, 6) is 1.62. The standard InChI is InChI=1S/C34H40N2O6/c1-5-42-34(37)27-18-16-25-29(24-14-10-7-11-15-24)30(26-17-19-28(38-2)32(40-4)31(26)39-3)36(33(25)35-27)20-21-41-22-23-12-8-6-9-13-23/h6,8-9,12-13,16-19,24H,5,7,10-11,14-15,20-22H2,1-4H3. The van der Waals surface area contributed by atoms with Crippen LogP contribution >= 0.6 is 0 Å². The maximum atomic E-state index is 12.8. The molecule has 0 atom stereocenters. The van der Waals surface area contributed by atoms with E-state index in [-0.39, 0.29) is 12.3 Å². The van der Waals surface area contributed by atoms with Crippen LogP contribution in [-0.4, -0.2) is 50.1 Å². The minimum atomic E-state index is -0.433. The van der Waals surface area contributed by atoms with E-state index in [1.807, 2.05) is 36.4 Å². The van der Waals surface area contributed by atoms with Crippen LogP contribution < -0.4 is 14.2 Å². The van der Waals surface area contributed by atoms with E-state index in [1.165, 1.54) is 24.8 Å². The average molecular weight is 573 g/mol. The molecule has 1 saturated carbocycles. The lowest BCUT2D eigenvalue weighted by Crippen LogP contribution is -2.12. The molecule has 2 aromatic carbocycles. The van der Waals surface area contributed by atoms with E-state index in [0.717, 1.165) is 40.7 Å². The smallest absolute Gasteiger partial charge is 0.356 e. The van der Waals surface area contributed by atoms with Gasteiger partial charge >= 0.3 is 5.97 Å². The molecule has 1 aliphatic rings. The molecule has 4 aromatic rings. The Hall–Kier alpha value is -4.04. The van der Waals surface area contributed by atoms with E-state index in [0.29, 0.717) is 42.9 Å². The Bertz CT molecular complexity index is 1510. The van der Waals surface area contributed by atoms with Gasteiger partial charge < -0.3 is 28.3 Å². The molecule has 0 saturated heterocycles. The zero-order valence-electron chi connectivity index (χ0n) is 25.0. The Morgan fingerprint density at radius 2 is 1.67 bits per heavy atom. The van der Waals surface area contributed by atoms with Gasteiger partial charge in [0.1, 0.15) is 5.65 Å². The third-order valence-corrected chi connectivity index (χ3v) is 7.97. The van der Waals surface area contributed by atoms with Crippen molar-refractivity contribution in [3.8, 4) is 28.5 Å². The zero-order chi connectivity index (χ0) is 29.5. The number of fused-ring (bicyclic) bond motifs is 1. The number of ether oxygens (including phenoxy) is 5. The van der Waals surface area contributed by atoms with Crippen molar-refractivity contribution in [3.05, 3.63) is 71.4 Å². The molecule has 0 spiro atoms. The molecule has 0 amide bonds. The van der Waals surface area contributed by atoms with Gasteiger partial charge in [0.25, 0.3) is 0 Å². The Balaban J connectivity index is 1.70. The lowest BCUT2D eigenvalue weighted by molar-refractivity contribution is 0.0520. The first-order valence-electron chi connectivity index (χ1n) is 14.7. The van der Waals surface area contributed by atoms with E-state index >= 15 is 0 Å². The Kier molecular flexibility index (Phi) is 9.64. The van der Waals surface area contributed by atoms with E-state index in [9.17, 15) is 4.79 Å². The van der Waals surface area contributed by atoms with Crippen molar-refractivity contribution in [2.24, 2.45) is 0 Å². The highest BCUT2D eigenvalue weighted by Crippen LogP contribution is 2.50. The Morgan fingerprint density at radius 1 is 0.905 bits per heavy atom. The molecule has 5 rings (SSSR count). The van der Waals surface area contributed by atoms with Gasteiger partial charge in [-0.2, -0.15) is 0 Å². The van der Waals surface area contributed by atoms with Gasteiger partial charge in [0.2, 0.25) is 5.75 Å². The number of pyridine rings is 1. The molecule has 2 heterocycles. The summed E-state index contributed by atoms with van der Waals surface area (Å²) in [6, 6.07) is 17.9. The molecule has 2 aromatic heterocycles. The van der Waals surface area contributed by atoms with Crippen LogP contribution in [0.25, 0.3) is 22.3 Å². The third kappa shape index (κ3) is 5.95. The number of hydrogen-bond donors (Lipinski definition) is 0. The largest absolute Gasteiger partial charge is 0.493 e. The van der Waals surface area contributed by atoms with Crippen molar-refractivity contribution in [1.29, 1.82) is 0 Å². The number of aromatic nitrogens is 2. The summed E-state index contributed by atoms with van der Waals surface area (Å²) < 4.78 is 31.0. The molecule has 0 aliphatic heterocycles. The molecule has 1 aliphatic carbocycles. The quantitative estimate of drug-likeness (QED) is 0.131. The second kappa shape index (κ2) is 13.7. The molecule has 222 valence electrons. The first kappa shape index (κ1) is 29.5. The van der Waals surface area contributed by atoms with E-state index in [4.69, 9.17) is 28.7 Å². The summed E-state index contributed by atoms with van der Waals surface area (Å²) in [4.78, 5) is 17.7. The predicted molar refractivity (Wildman–Crippen MR) is 163 cm³/mol. The number of esters is 1. The fraction of sp³-hybridized carbons (Fsp3) is 0.412. The predicted octanol–water partition coefficient (Wildman–Crippen LogP) is 7.17. The molecule has 42 heavy (non-hydrogen) atoms. The molecule has 0 unspecified atom stereocenters. The van der Waals surface area contributed by atoms with Crippen LogP contribution in [0.15, 0.2) is 54.6 Å². The molecule has 0 N–H and O–H groups in total. The second-order valence-corrected chi connectivity index (χ2v) is 10.5. The first-order chi connectivity index (χ1) is 20.6. The van der Waals surface area contributed by atoms with Crippen LogP contribution in [0.1, 0.15) is 66.6 Å². The van der Waals surface area contributed by atoms with Crippen LogP contribution in [0.5, 0.6) is 17.2 Å². The summed E-state index contributed by atoms with van der Waals surface area (Å²) in [6.45, 7) is 3.57. The summed E-state index contributed by atoms with van der Waals surface area (Å²) in [5.41, 5.74) is 5.25. The number of benzene rings is 2. The van der Waals surface area contributed by atoms with Crippen molar-refractivity contribution in [2.45, 2.75) is 58.1 Å². The Labute approximate surface area is 247 Å². The maximum Gasteiger partial charge on any atom is 0.356 e. The summed E-state index contributed by atoms with van der Waals surface area (Å²) in [6.07, 6.45) is 5.77. The number of carbonyl (C=O) groups excluding carboxylic acids is 1. The average Bonchev–Trinajstić information content (AvgIpc) is 3.36.